The summed E-state index contributed by atoms with van der Waals surface area (Å²) in [6, 6.07) is -0.139. The molecule has 0 bridgehead atoms. The second-order valence-electron chi connectivity index (χ2n) is 3.02. The summed E-state index contributed by atoms with van der Waals surface area (Å²) in [5, 5.41) is 8.81. The van der Waals surface area contributed by atoms with Gasteiger partial charge in [0.05, 0.1) is 12.6 Å². The summed E-state index contributed by atoms with van der Waals surface area (Å²) in [4.78, 5) is 3.86. The molecule has 0 saturated heterocycles. The molecule has 4 nitrogen and oxygen atoms in total. The molecule has 0 aliphatic rings. The molecule has 0 fully saturated rings. The summed E-state index contributed by atoms with van der Waals surface area (Å²) in [5.41, 5.74) is 10.3. The fourth-order valence-electron chi connectivity index (χ4n) is 0.923. The van der Waals surface area contributed by atoms with E-state index in [9.17, 15) is 0 Å². The van der Waals surface area contributed by atoms with Crippen LogP contribution in [0, 0.1) is 5.92 Å². The Hall–Kier alpha value is -0.770. The molecule has 0 aromatic heterocycles. The second kappa shape index (κ2) is 4.96. The maximum absolute atomic E-state index is 8.81. The highest BCUT2D eigenvalue weighted by Crippen LogP contribution is 2.06. The third-order valence-electron chi connectivity index (χ3n) is 1.29. The topological polar surface area (TPSA) is 84.6 Å². The van der Waals surface area contributed by atoms with Crippen molar-refractivity contribution in [3.8, 4) is 0 Å². The highest BCUT2D eigenvalue weighted by Gasteiger charge is 2.07. The van der Waals surface area contributed by atoms with E-state index in [0.717, 1.165) is 6.42 Å². The fraction of sp³-hybridized carbons (Fsp3) is 0.857. The van der Waals surface area contributed by atoms with Crippen LogP contribution < -0.4 is 11.5 Å². The lowest BCUT2D eigenvalue weighted by molar-refractivity contribution is 0.251. The van der Waals surface area contributed by atoms with Crippen LogP contribution in [0.3, 0.4) is 0 Å². The van der Waals surface area contributed by atoms with Crippen LogP contribution in [0.15, 0.2) is 4.99 Å². The van der Waals surface area contributed by atoms with Crippen molar-refractivity contribution in [1.82, 2.24) is 0 Å². The van der Waals surface area contributed by atoms with Crippen molar-refractivity contribution in [2.45, 2.75) is 26.3 Å². The van der Waals surface area contributed by atoms with Gasteiger partial charge >= 0.3 is 0 Å². The molecule has 0 radical (unpaired) electrons. The lowest BCUT2D eigenvalue weighted by atomic mass is 10.1. The molecule has 0 saturated carbocycles. The van der Waals surface area contributed by atoms with Crippen molar-refractivity contribution < 1.29 is 5.11 Å². The van der Waals surface area contributed by atoms with E-state index in [1.165, 1.54) is 0 Å². The zero-order valence-electron chi connectivity index (χ0n) is 7.12. The van der Waals surface area contributed by atoms with Crippen molar-refractivity contribution in [2.24, 2.45) is 22.4 Å². The second-order valence-corrected chi connectivity index (χ2v) is 3.02. The minimum Gasteiger partial charge on any atom is -0.394 e. The van der Waals surface area contributed by atoms with E-state index in [1.807, 2.05) is 0 Å². The third-order valence-corrected chi connectivity index (χ3v) is 1.29. The minimum absolute atomic E-state index is 0.01000. The maximum Gasteiger partial charge on any atom is 0.186 e. The van der Waals surface area contributed by atoms with E-state index in [1.54, 1.807) is 0 Å². The molecule has 0 amide bonds. The van der Waals surface area contributed by atoms with Crippen molar-refractivity contribution in [1.29, 1.82) is 0 Å². The molecule has 0 aromatic rings. The molecule has 0 aromatic carbocycles. The number of aliphatic hydroxyl groups is 1. The van der Waals surface area contributed by atoms with Crippen LogP contribution in [0.2, 0.25) is 0 Å². The van der Waals surface area contributed by atoms with Gasteiger partial charge in [0.1, 0.15) is 0 Å². The zero-order valence-corrected chi connectivity index (χ0v) is 7.12. The Morgan fingerprint density at radius 1 is 1.45 bits per heavy atom. The van der Waals surface area contributed by atoms with Gasteiger partial charge in [-0.3, -0.25) is 0 Å². The smallest absolute Gasteiger partial charge is 0.186 e. The van der Waals surface area contributed by atoms with Crippen molar-refractivity contribution in [3.63, 3.8) is 0 Å². The molecule has 0 aliphatic carbocycles. The van der Waals surface area contributed by atoms with Crippen LogP contribution in [-0.4, -0.2) is 23.7 Å². The quantitative estimate of drug-likeness (QED) is 0.388. The first-order valence-corrected chi connectivity index (χ1v) is 3.75. The minimum atomic E-state index is -0.139. The van der Waals surface area contributed by atoms with Gasteiger partial charge < -0.3 is 16.6 Å². The van der Waals surface area contributed by atoms with Gasteiger partial charge in [-0.05, 0) is 12.3 Å². The SMILES string of the molecule is CC(C)CC(CO)N=C(N)N. The van der Waals surface area contributed by atoms with Gasteiger partial charge in [-0.25, -0.2) is 4.99 Å². The summed E-state index contributed by atoms with van der Waals surface area (Å²) in [6.45, 7) is 4.13. The number of aliphatic hydroxyl groups excluding tert-OH is 1. The predicted molar refractivity (Wildman–Crippen MR) is 46.1 cm³/mol. The van der Waals surface area contributed by atoms with Crippen LogP contribution in [0.5, 0.6) is 0 Å². The van der Waals surface area contributed by atoms with Crippen molar-refractivity contribution >= 4 is 5.96 Å². The first kappa shape index (κ1) is 10.2. The Bertz CT molecular complexity index is 130. The lowest BCUT2D eigenvalue weighted by Gasteiger charge is -2.11. The van der Waals surface area contributed by atoms with E-state index in [-0.39, 0.29) is 18.6 Å². The summed E-state index contributed by atoms with van der Waals surface area (Å²) in [7, 11) is 0. The number of nitrogens with zero attached hydrogens (tertiary/aromatic N) is 1. The molecule has 0 spiro atoms. The molecular formula is C7H17N3O. The van der Waals surface area contributed by atoms with Crippen LogP contribution in [0.25, 0.3) is 0 Å². The summed E-state index contributed by atoms with van der Waals surface area (Å²) in [5.74, 6) is 0.542. The maximum atomic E-state index is 8.81. The lowest BCUT2D eigenvalue weighted by Crippen LogP contribution is -2.27. The number of guanidine groups is 1. The normalized spacial score (nSPS) is 13.1. The monoisotopic (exact) mass is 159 g/mol. The standard InChI is InChI=1S/C7H17N3O/c1-5(2)3-6(4-11)10-7(8)9/h5-6,11H,3-4H2,1-2H3,(H4,8,9,10). The Labute approximate surface area is 67.3 Å². The molecule has 5 N–H and O–H groups in total. The Kier molecular flexibility index (Phi) is 4.61. The van der Waals surface area contributed by atoms with E-state index in [2.05, 4.69) is 18.8 Å². The molecule has 4 heteroatoms. The van der Waals surface area contributed by atoms with E-state index in [0.29, 0.717) is 5.92 Å². The molecule has 1 unspecified atom stereocenters. The Balaban J connectivity index is 3.86. The van der Waals surface area contributed by atoms with Gasteiger partial charge in [0.2, 0.25) is 0 Å². The Morgan fingerprint density at radius 2 is 2.00 bits per heavy atom. The van der Waals surface area contributed by atoms with Gasteiger partial charge in [0, 0.05) is 0 Å². The van der Waals surface area contributed by atoms with E-state index >= 15 is 0 Å². The number of nitrogens with two attached hydrogens (primary N) is 2. The van der Waals surface area contributed by atoms with Gasteiger partial charge in [-0.15, -0.1) is 0 Å². The van der Waals surface area contributed by atoms with Crippen molar-refractivity contribution in [2.75, 3.05) is 6.61 Å². The van der Waals surface area contributed by atoms with Gasteiger partial charge in [-0.1, -0.05) is 13.8 Å². The zero-order chi connectivity index (χ0) is 8.85. The highest BCUT2D eigenvalue weighted by molar-refractivity contribution is 5.75. The average Bonchev–Trinajstić information content (AvgIpc) is 1.84. The van der Waals surface area contributed by atoms with E-state index < -0.39 is 0 Å². The number of rotatable bonds is 4. The molecule has 0 aliphatic heterocycles. The largest absolute Gasteiger partial charge is 0.394 e. The van der Waals surface area contributed by atoms with Gasteiger partial charge in [0.25, 0.3) is 0 Å². The molecule has 66 valence electrons. The molecule has 0 rings (SSSR count). The number of aliphatic imine (C=N–C) groups is 1. The van der Waals surface area contributed by atoms with Crippen LogP contribution in [0.4, 0.5) is 0 Å². The first-order valence-electron chi connectivity index (χ1n) is 3.75. The average molecular weight is 159 g/mol. The molecule has 11 heavy (non-hydrogen) atoms. The predicted octanol–water partition coefficient (Wildman–Crippen LogP) is -0.333. The van der Waals surface area contributed by atoms with E-state index in [4.69, 9.17) is 16.6 Å². The summed E-state index contributed by atoms with van der Waals surface area (Å²) < 4.78 is 0. The highest BCUT2D eigenvalue weighted by atomic mass is 16.3. The Morgan fingerprint density at radius 3 is 2.27 bits per heavy atom. The first-order chi connectivity index (χ1) is 5.06. The van der Waals surface area contributed by atoms with Crippen LogP contribution in [0.1, 0.15) is 20.3 Å². The van der Waals surface area contributed by atoms with Gasteiger partial charge in [-0.2, -0.15) is 0 Å². The fourth-order valence-corrected chi connectivity index (χ4v) is 0.923. The third kappa shape index (κ3) is 5.66. The summed E-state index contributed by atoms with van der Waals surface area (Å²) in [6.07, 6.45) is 0.814. The van der Waals surface area contributed by atoms with Crippen LogP contribution in [-0.2, 0) is 0 Å². The number of hydrogen-bond donors (Lipinski definition) is 3. The molecular weight excluding hydrogens is 142 g/mol. The molecule has 0 heterocycles. The van der Waals surface area contributed by atoms with Crippen molar-refractivity contribution in [3.05, 3.63) is 0 Å². The number of hydrogen-bond acceptors (Lipinski definition) is 2. The molecule has 1 atom stereocenters. The summed E-state index contributed by atoms with van der Waals surface area (Å²) >= 11 is 0. The van der Waals surface area contributed by atoms with Gasteiger partial charge in [0.15, 0.2) is 5.96 Å². The van der Waals surface area contributed by atoms with Crippen LogP contribution >= 0.6 is 0 Å².